The number of anilines is 1. The van der Waals surface area contributed by atoms with Crippen LogP contribution in [0.25, 0.3) is 22.2 Å². The summed E-state index contributed by atoms with van der Waals surface area (Å²) in [6.07, 6.45) is 3.53. The van der Waals surface area contributed by atoms with Crippen molar-refractivity contribution in [2.45, 2.75) is 12.8 Å². The Balaban J connectivity index is 0.000000552. The van der Waals surface area contributed by atoms with Crippen LogP contribution in [-0.2, 0) is 14.3 Å². The number of methoxy groups -OCH3 is 2. The molecule has 2 aromatic heterocycles. The Labute approximate surface area is 171 Å². The third kappa shape index (κ3) is 4.68. The van der Waals surface area contributed by atoms with Gasteiger partial charge in [0.05, 0.1) is 14.2 Å². The van der Waals surface area contributed by atoms with Crippen molar-refractivity contribution in [1.29, 1.82) is 0 Å². The Hall–Kier alpha value is -3.07. The number of rotatable bonds is 6. The van der Waals surface area contributed by atoms with Gasteiger partial charge in [0, 0.05) is 28.6 Å². The highest BCUT2D eigenvalue weighted by Gasteiger charge is 2.30. The van der Waals surface area contributed by atoms with Gasteiger partial charge < -0.3 is 14.8 Å². The first-order chi connectivity index (χ1) is 14.1. The number of ether oxygens (including phenoxy) is 2. The van der Waals surface area contributed by atoms with Gasteiger partial charge in [-0.25, -0.2) is 8.96 Å². The fraction of sp³-hybridized carbons (Fsp3) is 0.250. The predicted octanol–water partition coefficient (Wildman–Crippen LogP) is 4.23. The molecule has 1 amide bonds. The number of hydrogen-bond donors (Lipinski definition) is 1. The van der Waals surface area contributed by atoms with E-state index in [-0.39, 0.29) is 24.2 Å². The van der Waals surface area contributed by atoms with E-state index in [0.717, 1.165) is 29.4 Å². The molecule has 29 heavy (non-hydrogen) atoms. The first kappa shape index (κ1) is 20.7. The van der Waals surface area contributed by atoms with Gasteiger partial charge in [0.2, 0.25) is 5.91 Å². The third-order valence-electron chi connectivity index (χ3n) is 4.39. The Morgan fingerprint density at radius 3 is 2.59 bits per heavy atom. The molecule has 1 aliphatic rings. The van der Waals surface area contributed by atoms with Crippen molar-refractivity contribution in [3.05, 3.63) is 42.6 Å². The lowest BCUT2D eigenvalue weighted by molar-refractivity contribution is -0.126. The summed E-state index contributed by atoms with van der Waals surface area (Å²) in [7, 11) is 2.92. The molecule has 1 aliphatic carbocycles. The van der Waals surface area contributed by atoms with Gasteiger partial charge in [-0.05, 0) is 31.0 Å². The topological polar surface area (TPSA) is 82.4 Å². The zero-order valence-electron chi connectivity index (χ0n) is 15.9. The second-order valence-corrected chi connectivity index (χ2v) is 6.83. The van der Waals surface area contributed by atoms with Crippen LogP contribution in [0, 0.1) is 5.92 Å². The molecule has 1 saturated carbocycles. The second-order valence-electron chi connectivity index (χ2n) is 6.30. The number of nitrogens with zero attached hydrogens (tertiary/aromatic N) is 2. The maximum absolute atomic E-state index is 13.4. The average Bonchev–Trinajstić information content (AvgIpc) is 3.55. The Bertz CT molecular complexity index is 1020. The normalized spacial score (nSPS) is 12.7. The molecule has 0 saturated heterocycles. The van der Waals surface area contributed by atoms with Crippen molar-refractivity contribution in [2.75, 3.05) is 19.5 Å². The molecule has 0 unspecified atom stereocenters. The van der Waals surface area contributed by atoms with Gasteiger partial charge in [-0.2, -0.15) is 0 Å². The largest absolute Gasteiger partial charge is 0.496 e. The minimum Gasteiger partial charge on any atom is -0.496 e. The van der Waals surface area contributed by atoms with E-state index in [1.54, 1.807) is 19.4 Å². The van der Waals surface area contributed by atoms with E-state index in [4.69, 9.17) is 9.53 Å². The van der Waals surface area contributed by atoms with Crippen LogP contribution >= 0.6 is 12.3 Å². The third-order valence-corrected chi connectivity index (χ3v) is 4.81. The summed E-state index contributed by atoms with van der Waals surface area (Å²) < 4.78 is 24.0. The molecule has 1 fully saturated rings. The van der Waals surface area contributed by atoms with E-state index in [2.05, 4.69) is 15.0 Å². The number of benzene rings is 1. The number of carbonyl (C=O) groups excluding carboxylic acids is 2. The number of amides is 1. The number of halogens is 1. The lowest BCUT2D eigenvalue weighted by Gasteiger charge is -2.07. The van der Waals surface area contributed by atoms with Gasteiger partial charge in [-0.3, -0.25) is 9.59 Å². The first-order valence-corrected chi connectivity index (χ1v) is 9.52. The molecule has 1 N–H and O–H groups in total. The fourth-order valence-electron chi connectivity index (χ4n) is 2.85. The van der Waals surface area contributed by atoms with Gasteiger partial charge in [-0.15, -0.1) is 3.89 Å². The molecular formula is C20H20FN3O4S. The Kier molecular flexibility index (Phi) is 6.71. The van der Waals surface area contributed by atoms with Crippen molar-refractivity contribution >= 4 is 41.6 Å². The van der Waals surface area contributed by atoms with E-state index >= 15 is 0 Å². The standard InChI is InChI=1S/C18H16FN3O2S.C2H4O2/c1-24-15-5-3-2-4-12(15)14-10-22(25-19)17-13(14)8-9-16(20-17)21-18(23)11-6-7-11;1-4-2-3/h2-5,8-11H,6-7H2,1H3,(H,20,21,23);2H,1H3. The number of fused-ring (bicyclic) bond motifs is 1. The quantitative estimate of drug-likeness (QED) is 0.605. The minimum atomic E-state index is -0.0252. The first-order valence-electron chi connectivity index (χ1n) is 8.84. The molecule has 152 valence electrons. The molecule has 0 aliphatic heterocycles. The highest BCUT2D eigenvalue weighted by molar-refractivity contribution is 7.92. The summed E-state index contributed by atoms with van der Waals surface area (Å²) in [5, 5.41) is 3.59. The van der Waals surface area contributed by atoms with E-state index in [1.807, 2.05) is 30.3 Å². The SMILES string of the molecule is COC=O.COc1ccccc1-c1cn(SF)c2nc(NC(=O)C3CC3)ccc12. The summed E-state index contributed by atoms with van der Waals surface area (Å²) >= 11 is 0.0741. The zero-order valence-corrected chi connectivity index (χ0v) is 16.7. The Morgan fingerprint density at radius 2 is 1.97 bits per heavy atom. The molecule has 2 heterocycles. The van der Waals surface area contributed by atoms with Crippen molar-refractivity contribution in [3.8, 4) is 16.9 Å². The summed E-state index contributed by atoms with van der Waals surface area (Å²) in [5.41, 5.74) is 2.14. The summed E-state index contributed by atoms with van der Waals surface area (Å²) in [6, 6.07) is 11.2. The van der Waals surface area contributed by atoms with Crippen LogP contribution < -0.4 is 10.1 Å². The number of nitrogens with one attached hydrogen (secondary N) is 1. The molecule has 0 bridgehead atoms. The van der Waals surface area contributed by atoms with Crippen molar-refractivity contribution < 1.29 is 22.9 Å². The molecule has 0 spiro atoms. The molecular weight excluding hydrogens is 397 g/mol. The number of carbonyl (C=O) groups is 2. The number of hydrogen-bond acceptors (Lipinski definition) is 6. The van der Waals surface area contributed by atoms with Crippen molar-refractivity contribution in [2.24, 2.45) is 5.92 Å². The molecule has 4 rings (SSSR count). The summed E-state index contributed by atoms with van der Waals surface area (Å²) in [4.78, 5) is 25.3. The average molecular weight is 417 g/mol. The Morgan fingerprint density at radius 1 is 1.24 bits per heavy atom. The molecule has 1 aromatic carbocycles. The lowest BCUT2D eigenvalue weighted by Crippen LogP contribution is -2.14. The van der Waals surface area contributed by atoms with Gasteiger partial charge in [0.1, 0.15) is 11.6 Å². The van der Waals surface area contributed by atoms with E-state index in [0.29, 0.717) is 23.7 Å². The zero-order chi connectivity index (χ0) is 20.8. The number of pyridine rings is 1. The highest BCUT2D eigenvalue weighted by Crippen LogP contribution is 2.38. The van der Waals surface area contributed by atoms with Crippen molar-refractivity contribution in [3.63, 3.8) is 0 Å². The highest BCUT2D eigenvalue weighted by atomic mass is 32.2. The maximum Gasteiger partial charge on any atom is 0.292 e. The molecule has 9 heteroatoms. The maximum atomic E-state index is 13.4. The number of para-hydroxylation sites is 1. The van der Waals surface area contributed by atoms with Crippen LogP contribution in [0.4, 0.5) is 9.70 Å². The van der Waals surface area contributed by atoms with E-state index in [1.165, 1.54) is 11.1 Å². The van der Waals surface area contributed by atoms with Gasteiger partial charge in [-0.1, -0.05) is 18.2 Å². The van der Waals surface area contributed by atoms with Crippen molar-refractivity contribution in [1.82, 2.24) is 8.96 Å². The van der Waals surface area contributed by atoms with Crippen LogP contribution in [-0.4, -0.2) is 35.6 Å². The monoisotopic (exact) mass is 417 g/mol. The molecule has 0 atom stereocenters. The van der Waals surface area contributed by atoms with Gasteiger partial charge in [0.15, 0.2) is 18.0 Å². The summed E-state index contributed by atoms with van der Waals surface area (Å²) in [5.74, 6) is 1.20. The van der Waals surface area contributed by atoms with Gasteiger partial charge in [0.25, 0.3) is 6.47 Å². The van der Waals surface area contributed by atoms with Crippen LogP contribution in [0.5, 0.6) is 5.75 Å². The molecule has 3 aromatic rings. The van der Waals surface area contributed by atoms with Crippen LogP contribution in [0.15, 0.2) is 42.6 Å². The second kappa shape index (κ2) is 9.42. The van der Waals surface area contributed by atoms with E-state index < -0.39 is 0 Å². The number of aromatic nitrogens is 2. The molecule has 7 nitrogen and oxygen atoms in total. The predicted molar refractivity (Wildman–Crippen MR) is 110 cm³/mol. The van der Waals surface area contributed by atoms with E-state index in [9.17, 15) is 8.68 Å². The fourth-order valence-corrected chi connectivity index (χ4v) is 3.20. The smallest absolute Gasteiger partial charge is 0.292 e. The molecule has 0 radical (unpaired) electrons. The lowest BCUT2D eigenvalue weighted by atomic mass is 10.0. The van der Waals surface area contributed by atoms with Crippen LogP contribution in [0.2, 0.25) is 0 Å². The van der Waals surface area contributed by atoms with Crippen LogP contribution in [0.3, 0.4) is 0 Å². The van der Waals surface area contributed by atoms with Crippen LogP contribution in [0.1, 0.15) is 12.8 Å². The minimum absolute atomic E-state index is 0.0252. The van der Waals surface area contributed by atoms with Gasteiger partial charge >= 0.3 is 0 Å². The summed E-state index contributed by atoms with van der Waals surface area (Å²) in [6.45, 7) is 0.375.